The molecular formula is C26H28N4O5. The number of hydrogen-bond acceptors (Lipinski definition) is 5. The molecule has 0 bridgehead atoms. The Labute approximate surface area is 203 Å². The maximum atomic E-state index is 12.8. The number of nitrogens with one attached hydrogen (secondary N) is 2. The first-order valence-electron chi connectivity index (χ1n) is 11.4. The van der Waals surface area contributed by atoms with Gasteiger partial charge in [0.05, 0.1) is 5.92 Å². The third kappa shape index (κ3) is 5.03. The molecule has 35 heavy (non-hydrogen) atoms. The van der Waals surface area contributed by atoms with Gasteiger partial charge in [0, 0.05) is 25.6 Å². The first-order chi connectivity index (χ1) is 16.8. The third-order valence-corrected chi connectivity index (χ3v) is 6.30. The fourth-order valence-corrected chi connectivity index (χ4v) is 4.38. The number of carboxylic acids is 1. The summed E-state index contributed by atoms with van der Waals surface area (Å²) in [5.41, 5.74) is 4.38. The van der Waals surface area contributed by atoms with Gasteiger partial charge in [0.2, 0.25) is 5.91 Å². The molecule has 0 saturated heterocycles. The molecule has 9 nitrogen and oxygen atoms in total. The van der Waals surface area contributed by atoms with Crippen molar-refractivity contribution in [1.82, 2.24) is 15.1 Å². The van der Waals surface area contributed by atoms with Crippen molar-refractivity contribution in [3.8, 4) is 11.1 Å². The summed E-state index contributed by atoms with van der Waals surface area (Å²) >= 11 is 0. The van der Waals surface area contributed by atoms with Gasteiger partial charge >= 0.3 is 12.1 Å². The van der Waals surface area contributed by atoms with Gasteiger partial charge in [0.25, 0.3) is 0 Å². The van der Waals surface area contributed by atoms with Crippen LogP contribution in [0.5, 0.6) is 0 Å². The number of nitrogens with zero attached hydrogens (tertiary/aromatic N) is 2. The van der Waals surface area contributed by atoms with Gasteiger partial charge in [-0.2, -0.15) is 5.10 Å². The highest BCUT2D eigenvalue weighted by Gasteiger charge is 2.29. The van der Waals surface area contributed by atoms with Crippen LogP contribution < -0.4 is 10.6 Å². The lowest BCUT2D eigenvalue weighted by atomic mass is 9.95. The van der Waals surface area contributed by atoms with Crippen LogP contribution in [0.15, 0.2) is 54.6 Å². The fraction of sp³-hybridized carbons (Fsp3) is 0.308. The molecule has 0 saturated carbocycles. The molecule has 4 rings (SSSR count). The number of carbonyl (C=O) groups excluding carboxylic acids is 2. The summed E-state index contributed by atoms with van der Waals surface area (Å²) in [6.07, 6.45) is -0.598. The number of ether oxygens (including phenoxy) is 1. The number of aromatic nitrogens is 2. The van der Waals surface area contributed by atoms with E-state index < -0.39 is 18.0 Å². The highest BCUT2D eigenvalue weighted by Crippen LogP contribution is 2.44. The van der Waals surface area contributed by atoms with E-state index in [0.29, 0.717) is 0 Å². The standard InChI is InChI=1S/C26H28N4O5/c1-15(2)20(24(31)28-23-12-22(25(32)33)29-30(23)3)13-27-26(34)35-14-21-18-10-6-4-8-16(18)17-9-5-7-11-19(17)21/h4-12,15,20-21H,13-14H2,1-3H3,(H,27,34)(H,28,31)(H,32,33). The summed E-state index contributed by atoms with van der Waals surface area (Å²) < 4.78 is 6.84. The van der Waals surface area contributed by atoms with E-state index in [1.54, 1.807) is 7.05 Å². The van der Waals surface area contributed by atoms with Gasteiger partial charge < -0.3 is 20.5 Å². The predicted octanol–water partition coefficient (Wildman–Crippen LogP) is 3.87. The average Bonchev–Trinajstić information content (AvgIpc) is 3.35. The van der Waals surface area contributed by atoms with Crippen LogP contribution in [0.2, 0.25) is 0 Å². The molecule has 2 aromatic carbocycles. The Bertz CT molecular complexity index is 1220. The Morgan fingerprint density at radius 3 is 2.20 bits per heavy atom. The molecule has 1 aliphatic rings. The topological polar surface area (TPSA) is 123 Å². The molecule has 1 aliphatic carbocycles. The van der Waals surface area contributed by atoms with Crippen LogP contribution in [-0.4, -0.2) is 46.0 Å². The number of anilines is 1. The minimum Gasteiger partial charge on any atom is -0.476 e. The van der Waals surface area contributed by atoms with Crippen molar-refractivity contribution in [2.75, 3.05) is 18.5 Å². The molecule has 0 radical (unpaired) electrons. The van der Waals surface area contributed by atoms with E-state index in [1.165, 1.54) is 10.7 Å². The first kappa shape index (κ1) is 24.0. The fourth-order valence-electron chi connectivity index (χ4n) is 4.38. The number of amides is 2. The Morgan fingerprint density at radius 1 is 1.06 bits per heavy atom. The summed E-state index contributed by atoms with van der Waals surface area (Å²) in [4.78, 5) is 36.5. The summed E-state index contributed by atoms with van der Waals surface area (Å²) in [5, 5.41) is 18.3. The summed E-state index contributed by atoms with van der Waals surface area (Å²) in [7, 11) is 1.54. The predicted molar refractivity (Wildman–Crippen MR) is 130 cm³/mol. The Morgan fingerprint density at radius 2 is 1.66 bits per heavy atom. The molecule has 182 valence electrons. The molecule has 1 heterocycles. The first-order valence-corrected chi connectivity index (χ1v) is 11.4. The smallest absolute Gasteiger partial charge is 0.407 e. The van der Waals surface area contributed by atoms with E-state index in [9.17, 15) is 14.4 Å². The molecular weight excluding hydrogens is 448 g/mol. The molecule has 2 amide bonds. The van der Waals surface area contributed by atoms with E-state index in [4.69, 9.17) is 9.84 Å². The van der Waals surface area contributed by atoms with Crippen molar-refractivity contribution in [1.29, 1.82) is 0 Å². The Kier molecular flexibility index (Phi) is 6.86. The molecule has 1 atom stereocenters. The number of rotatable bonds is 8. The quantitative estimate of drug-likeness (QED) is 0.454. The van der Waals surface area contributed by atoms with Crippen molar-refractivity contribution in [3.05, 3.63) is 71.4 Å². The molecule has 1 aromatic heterocycles. The van der Waals surface area contributed by atoms with Crippen molar-refractivity contribution < 1.29 is 24.2 Å². The van der Waals surface area contributed by atoms with Crippen LogP contribution in [0.1, 0.15) is 41.4 Å². The number of aromatic carboxylic acids is 1. The molecule has 0 fully saturated rings. The highest BCUT2D eigenvalue weighted by atomic mass is 16.5. The van der Waals surface area contributed by atoms with Gasteiger partial charge in [0.1, 0.15) is 12.4 Å². The van der Waals surface area contributed by atoms with E-state index >= 15 is 0 Å². The normalized spacial score (nSPS) is 13.1. The van der Waals surface area contributed by atoms with Gasteiger partial charge in [0.15, 0.2) is 5.69 Å². The molecule has 3 aromatic rings. The number of fused-ring (bicyclic) bond motifs is 3. The minimum atomic E-state index is -1.18. The Balaban J connectivity index is 1.36. The summed E-state index contributed by atoms with van der Waals surface area (Å²) in [6.45, 7) is 4.00. The lowest BCUT2D eigenvalue weighted by Gasteiger charge is -2.21. The molecule has 0 spiro atoms. The van der Waals surface area contributed by atoms with Gasteiger partial charge in [-0.1, -0.05) is 62.4 Å². The SMILES string of the molecule is CC(C)C(CNC(=O)OCC1c2ccccc2-c2ccccc21)C(=O)Nc1cc(C(=O)O)nn1C. The van der Waals surface area contributed by atoms with Gasteiger partial charge in [-0.3, -0.25) is 9.48 Å². The van der Waals surface area contributed by atoms with Crippen LogP contribution in [0, 0.1) is 11.8 Å². The monoisotopic (exact) mass is 476 g/mol. The van der Waals surface area contributed by atoms with Gasteiger partial charge in [-0.15, -0.1) is 0 Å². The third-order valence-electron chi connectivity index (χ3n) is 6.30. The van der Waals surface area contributed by atoms with Gasteiger partial charge in [-0.25, -0.2) is 9.59 Å². The second-order valence-corrected chi connectivity index (χ2v) is 8.89. The van der Waals surface area contributed by atoms with Crippen LogP contribution >= 0.6 is 0 Å². The summed E-state index contributed by atoms with van der Waals surface area (Å²) in [6, 6.07) is 17.5. The number of aryl methyl sites for hydroxylation is 1. The van der Waals surface area contributed by atoms with Crippen LogP contribution in [0.4, 0.5) is 10.6 Å². The molecule has 0 aliphatic heterocycles. The van der Waals surface area contributed by atoms with Crippen molar-refractivity contribution in [2.45, 2.75) is 19.8 Å². The van der Waals surface area contributed by atoms with Crippen molar-refractivity contribution >= 4 is 23.8 Å². The zero-order valence-electron chi connectivity index (χ0n) is 19.8. The maximum absolute atomic E-state index is 12.8. The molecule has 1 unspecified atom stereocenters. The van der Waals surface area contributed by atoms with Crippen molar-refractivity contribution in [3.63, 3.8) is 0 Å². The van der Waals surface area contributed by atoms with E-state index in [-0.39, 0.29) is 42.4 Å². The van der Waals surface area contributed by atoms with Crippen LogP contribution in [-0.2, 0) is 16.6 Å². The largest absolute Gasteiger partial charge is 0.476 e. The van der Waals surface area contributed by atoms with Crippen molar-refractivity contribution in [2.24, 2.45) is 18.9 Å². The lowest BCUT2D eigenvalue weighted by Crippen LogP contribution is -2.39. The lowest BCUT2D eigenvalue weighted by molar-refractivity contribution is -0.121. The van der Waals surface area contributed by atoms with Crippen LogP contribution in [0.25, 0.3) is 11.1 Å². The number of carbonyl (C=O) groups is 3. The maximum Gasteiger partial charge on any atom is 0.407 e. The highest BCUT2D eigenvalue weighted by molar-refractivity contribution is 5.94. The molecule has 3 N–H and O–H groups in total. The van der Waals surface area contributed by atoms with E-state index in [0.717, 1.165) is 22.3 Å². The average molecular weight is 477 g/mol. The molecule has 9 heteroatoms. The number of carboxylic acid groups (broad SMARTS) is 1. The second-order valence-electron chi connectivity index (χ2n) is 8.89. The second kappa shape index (κ2) is 10.0. The zero-order chi connectivity index (χ0) is 25.1. The van der Waals surface area contributed by atoms with Gasteiger partial charge in [-0.05, 0) is 28.2 Å². The number of hydrogen-bond donors (Lipinski definition) is 3. The minimum absolute atomic E-state index is 0.0504. The van der Waals surface area contributed by atoms with Crippen LogP contribution in [0.3, 0.4) is 0 Å². The Hall–Kier alpha value is -4.14. The van der Waals surface area contributed by atoms with E-state index in [1.807, 2.05) is 38.1 Å². The zero-order valence-corrected chi connectivity index (χ0v) is 19.8. The van der Waals surface area contributed by atoms with E-state index in [2.05, 4.69) is 40.0 Å². The number of alkyl carbamates (subject to hydrolysis) is 1. The summed E-state index contributed by atoms with van der Waals surface area (Å²) in [5.74, 6) is -1.96. The number of benzene rings is 2.